The molecule has 2 aromatic heterocycles. The highest BCUT2D eigenvalue weighted by atomic mass is 32.1. The summed E-state index contributed by atoms with van der Waals surface area (Å²) in [6.07, 6.45) is -0.699. The number of carbonyl (C=O) groups is 1. The van der Waals surface area contributed by atoms with Gasteiger partial charge in [0.25, 0.3) is 0 Å². The minimum absolute atomic E-state index is 0.0496. The van der Waals surface area contributed by atoms with Crippen LogP contribution in [0.4, 0.5) is 24.7 Å². The summed E-state index contributed by atoms with van der Waals surface area (Å²) in [5, 5.41) is 4.06. The van der Waals surface area contributed by atoms with Crippen molar-refractivity contribution < 1.29 is 18.0 Å². The topological polar surface area (TPSA) is 45.2 Å². The van der Waals surface area contributed by atoms with Crippen LogP contribution in [0, 0.1) is 6.42 Å². The Bertz CT molecular complexity index is 735. The van der Waals surface area contributed by atoms with Crippen molar-refractivity contribution in [2.75, 3.05) is 23.3 Å². The molecule has 8 heteroatoms. The van der Waals surface area contributed by atoms with Gasteiger partial charge in [-0.05, 0) is 25.3 Å². The Kier molecular flexibility index (Phi) is 4.18. The molecule has 1 amide bonds. The van der Waals surface area contributed by atoms with E-state index >= 15 is 0 Å². The van der Waals surface area contributed by atoms with E-state index in [-0.39, 0.29) is 16.1 Å². The van der Waals surface area contributed by atoms with E-state index in [9.17, 15) is 18.0 Å². The molecular weight excluding hydrogens is 327 g/mol. The normalized spacial score (nSPS) is 15.9. The highest BCUT2D eigenvalue weighted by molar-refractivity contribution is 7.18. The third-order valence-corrected chi connectivity index (χ3v) is 4.66. The minimum atomic E-state index is -4.46. The van der Waals surface area contributed by atoms with Crippen LogP contribution in [-0.2, 0) is 11.0 Å². The second-order valence-electron chi connectivity index (χ2n) is 5.39. The molecule has 0 aliphatic carbocycles. The number of hydrogen-bond acceptors (Lipinski definition) is 4. The number of thiophene rings is 1. The number of halogens is 3. The number of hydrogen-bond donors (Lipinski definition) is 1. The zero-order valence-corrected chi connectivity index (χ0v) is 13.2. The molecule has 1 radical (unpaired) electrons. The van der Waals surface area contributed by atoms with Gasteiger partial charge in [0.1, 0.15) is 11.3 Å². The Morgan fingerprint density at radius 1 is 1.35 bits per heavy atom. The minimum Gasteiger partial charge on any atom is -0.357 e. The van der Waals surface area contributed by atoms with Crippen LogP contribution >= 0.6 is 11.3 Å². The molecule has 0 aromatic carbocycles. The fourth-order valence-corrected chi connectivity index (χ4v) is 3.60. The summed E-state index contributed by atoms with van der Waals surface area (Å²) < 4.78 is 40.3. The Hall–Kier alpha value is -1.83. The molecule has 2 aromatic rings. The maximum atomic E-state index is 13.4. The van der Waals surface area contributed by atoms with Crippen molar-refractivity contribution >= 4 is 39.0 Å². The van der Waals surface area contributed by atoms with Crippen molar-refractivity contribution in [1.29, 1.82) is 0 Å². The Labute approximate surface area is 135 Å². The SMILES string of the molecule is CC(=O)Nc1csc2c(C(F)(F)F)cc(N3CC[CH]CC3)nc12. The Balaban J connectivity index is 2.15. The summed E-state index contributed by atoms with van der Waals surface area (Å²) in [4.78, 5) is 17.5. The summed E-state index contributed by atoms with van der Waals surface area (Å²) in [6.45, 7) is 2.61. The lowest BCUT2D eigenvalue weighted by Gasteiger charge is -2.28. The van der Waals surface area contributed by atoms with Gasteiger partial charge in [0.2, 0.25) is 5.91 Å². The number of nitrogens with zero attached hydrogens (tertiary/aromatic N) is 2. The number of rotatable bonds is 2. The van der Waals surface area contributed by atoms with Crippen molar-refractivity contribution in [3.8, 4) is 0 Å². The van der Waals surface area contributed by atoms with E-state index in [2.05, 4.69) is 16.7 Å². The second-order valence-corrected chi connectivity index (χ2v) is 6.27. The number of aromatic nitrogens is 1. The van der Waals surface area contributed by atoms with E-state index in [0.29, 0.717) is 24.6 Å². The van der Waals surface area contributed by atoms with Crippen LogP contribution in [0.25, 0.3) is 10.2 Å². The number of pyridine rings is 1. The molecule has 1 aliphatic rings. The van der Waals surface area contributed by atoms with Crippen LogP contribution < -0.4 is 10.2 Å². The van der Waals surface area contributed by atoms with E-state index in [1.54, 1.807) is 0 Å². The Morgan fingerprint density at radius 3 is 2.65 bits per heavy atom. The van der Waals surface area contributed by atoms with Crippen molar-refractivity contribution in [1.82, 2.24) is 4.98 Å². The van der Waals surface area contributed by atoms with E-state index < -0.39 is 11.7 Å². The molecule has 0 atom stereocenters. The lowest BCUT2D eigenvalue weighted by atomic mass is 10.1. The van der Waals surface area contributed by atoms with Crippen molar-refractivity contribution in [3.63, 3.8) is 0 Å². The van der Waals surface area contributed by atoms with E-state index in [4.69, 9.17) is 0 Å². The maximum Gasteiger partial charge on any atom is 0.417 e. The highest BCUT2D eigenvalue weighted by Gasteiger charge is 2.35. The second kappa shape index (κ2) is 5.99. The average molecular weight is 342 g/mol. The molecule has 3 heterocycles. The first-order chi connectivity index (χ1) is 10.9. The van der Waals surface area contributed by atoms with Gasteiger partial charge in [-0.15, -0.1) is 11.3 Å². The van der Waals surface area contributed by atoms with Crippen LogP contribution in [0.5, 0.6) is 0 Å². The van der Waals surface area contributed by atoms with Gasteiger partial charge in [-0.25, -0.2) is 4.98 Å². The van der Waals surface area contributed by atoms with Gasteiger partial charge in [-0.3, -0.25) is 4.79 Å². The summed E-state index contributed by atoms with van der Waals surface area (Å²) in [7, 11) is 0. The fraction of sp³-hybridized carbons (Fsp3) is 0.400. The van der Waals surface area contributed by atoms with E-state index in [0.717, 1.165) is 30.2 Å². The van der Waals surface area contributed by atoms with Gasteiger partial charge in [-0.2, -0.15) is 13.2 Å². The zero-order chi connectivity index (χ0) is 16.6. The average Bonchev–Trinajstić information content (AvgIpc) is 2.88. The van der Waals surface area contributed by atoms with Crippen LogP contribution in [-0.4, -0.2) is 24.0 Å². The molecule has 4 nitrogen and oxygen atoms in total. The van der Waals surface area contributed by atoms with Crippen molar-refractivity contribution in [3.05, 3.63) is 23.4 Å². The highest BCUT2D eigenvalue weighted by Crippen LogP contribution is 2.41. The number of amides is 1. The lowest BCUT2D eigenvalue weighted by Crippen LogP contribution is -2.30. The van der Waals surface area contributed by atoms with Gasteiger partial charge in [0.05, 0.1) is 16.0 Å². The summed E-state index contributed by atoms with van der Waals surface area (Å²) in [6, 6.07) is 1.11. The van der Waals surface area contributed by atoms with Gasteiger partial charge >= 0.3 is 6.18 Å². The molecule has 0 bridgehead atoms. The van der Waals surface area contributed by atoms with Crippen LogP contribution in [0.1, 0.15) is 25.3 Å². The quantitative estimate of drug-likeness (QED) is 0.894. The monoisotopic (exact) mass is 342 g/mol. The summed E-state index contributed by atoms with van der Waals surface area (Å²) >= 11 is 0.943. The molecule has 0 spiro atoms. The summed E-state index contributed by atoms with van der Waals surface area (Å²) in [5.74, 6) is -0.0269. The van der Waals surface area contributed by atoms with Gasteiger partial charge < -0.3 is 10.2 Å². The number of nitrogens with one attached hydrogen (secondary N) is 1. The first kappa shape index (κ1) is 16.0. The van der Waals surface area contributed by atoms with Crippen LogP contribution in [0.2, 0.25) is 0 Å². The largest absolute Gasteiger partial charge is 0.417 e. The molecule has 0 saturated carbocycles. The number of alkyl halides is 3. The third-order valence-electron chi connectivity index (χ3n) is 3.66. The number of fused-ring (bicyclic) bond motifs is 1. The third kappa shape index (κ3) is 3.26. The Morgan fingerprint density at radius 2 is 2.04 bits per heavy atom. The smallest absolute Gasteiger partial charge is 0.357 e. The van der Waals surface area contributed by atoms with E-state index in [1.807, 2.05) is 4.90 Å². The summed E-state index contributed by atoms with van der Waals surface area (Å²) in [5.41, 5.74) is -0.174. The van der Waals surface area contributed by atoms with Crippen molar-refractivity contribution in [2.45, 2.75) is 25.9 Å². The molecule has 23 heavy (non-hydrogen) atoms. The van der Waals surface area contributed by atoms with Crippen molar-refractivity contribution in [2.24, 2.45) is 0 Å². The van der Waals surface area contributed by atoms with Gasteiger partial charge in [-0.1, -0.05) is 0 Å². The predicted molar refractivity (Wildman–Crippen MR) is 84.7 cm³/mol. The zero-order valence-electron chi connectivity index (χ0n) is 12.4. The molecule has 3 rings (SSSR count). The maximum absolute atomic E-state index is 13.4. The predicted octanol–water partition coefficient (Wildman–Crippen LogP) is 4.08. The molecule has 1 N–H and O–H groups in total. The molecule has 1 aliphatic heterocycles. The molecule has 1 saturated heterocycles. The first-order valence-electron chi connectivity index (χ1n) is 7.20. The standard InChI is InChI=1S/C15H15F3N3OS/c1-9(22)19-11-8-23-14-10(15(16,17)18)7-12(20-13(11)14)21-5-3-2-4-6-21/h2,7-8H,3-6H2,1H3,(H,19,22). The fourth-order valence-electron chi connectivity index (χ4n) is 2.63. The van der Waals surface area contributed by atoms with Gasteiger partial charge in [0.15, 0.2) is 0 Å². The number of anilines is 2. The molecule has 0 unspecified atom stereocenters. The first-order valence-corrected chi connectivity index (χ1v) is 8.08. The van der Waals surface area contributed by atoms with Crippen LogP contribution in [0.3, 0.4) is 0 Å². The molecular formula is C15H15F3N3OS. The lowest BCUT2D eigenvalue weighted by molar-refractivity contribution is -0.136. The molecule has 123 valence electrons. The van der Waals surface area contributed by atoms with E-state index in [1.165, 1.54) is 12.3 Å². The number of piperidine rings is 1. The van der Waals surface area contributed by atoms with Gasteiger partial charge in [0, 0.05) is 25.4 Å². The van der Waals surface area contributed by atoms with Crippen LogP contribution in [0.15, 0.2) is 11.4 Å². The molecule has 1 fully saturated rings. The number of carbonyl (C=O) groups excluding carboxylic acids is 1.